The van der Waals surface area contributed by atoms with Crippen molar-refractivity contribution in [3.63, 3.8) is 0 Å². The summed E-state index contributed by atoms with van der Waals surface area (Å²) in [7, 11) is 4.45. The van der Waals surface area contributed by atoms with Gasteiger partial charge in [0.1, 0.15) is 5.75 Å². The molecule has 3 rings (SSSR count). The maximum absolute atomic E-state index is 12.4. The van der Waals surface area contributed by atoms with Crippen molar-refractivity contribution in [1.82, 2.24) is 10.6 Å². The number of nitrogens with one attached hydrogen (secondary N) is 2. The molecule has 0 aliphatic rings. The quantitative estimate of drug-likeness (QED) is 0.473. The van der Waals surface area contributed by atoms with Crippen LogP contribution in [-0.4, -0.2) is 52.8 Å². The van der Waals surface area contributed by atoms with Crippen molar-refractivity contribution in [2.75, 3.05) is 41.0 Å². The second-order valence-corrected chi connectivity index (χ2v) is 6.82. The predicted molar refractivity (Wildman–Crippen MR) is 121 cm³/mol. The molecule has 0 saturated heterocycles. The summed E-state index contributed by atoms with van der Waals surface area (Å²) in [6, 6.07) is 16.7. The van der Waals surface area contributed by atoms with E-state index < -0.39 is 0 Å². The number of amides is 2. The molecule has 3 aromatic rings. The molecular formula is C24H26N2O6. The van der Waals surface area contributed by atoms with E-state index >= 15 is 0 Å². The Morgan fingerprint density at radius 2 is 1.44 bits per heavy atom. The number of carbonyl (C=O) groups excluding carboxylic acids is 2. The van der Waals surface area contributed by atoms with Crippen molar-refractivity contribution in [3.8, 4) is 23.0 Å². The molecular weight excluding hydrogens is 412 g/mol. The highest BCUT2D eigenvalue weighted by atomic mass is 16.5. The number of rotatable bonds is 10. The molecule has 8 heteroatoms. The average molecular weight is 438 g/mol. The molecule has 2 N–H and O–H groups in total. The number of carbonyl (C=O) groups is 2. The summed E-state index contributed by atoms with van der Waals surface area (Å²) in [5, 5.41) is 7.60. The molecule has 0 fully saturated rings. The topological polar surface area (TPSA) is 95.1 Å². The fourth-order valence-corrected chi connectivity index (χ4v) is 3.15. The van der Waals surface area contributed by atoms with Crippen molar-refractivity contribution in [3.05, 3.63) is 60.2 Å². The van der Waals surface area contributed by atoms with E-state index in [2.05, 4.69) is 10.6 Å². The Labute approximate surface area is 186 Å². The van der Waals surface area contributed by atoms with Gasteiger partial charge in [0.2, 0.25) is 5.75 Å². The van der Waals surface area contributed by atoms with Gasteiger partial charge in [0, 0.05) is 18.7 Å². The maximum Gasteiger partial charge on any atom is 0.258 e. The summed E-state index contributed by atoms with van der Waals surface area (Å²) in [6.45, 7) is 0.395. The minimum atomic E-state index is -0.328. The van der Waals surface area contributed by atoms with Crippen molar-refractivity contribution in [2.24, 2.45) is 0 Å². The third-order valence-corrected chi connectivity index (χ3v) is 4.75. The van der Waals surface area contributed by atoms with E-state index in [-0.39, 0.29) is 31.5 Å². The fourth-order valence-electron chi connectivity index (χ4n) is 3.15. The number of hydrogen-bond donors (Lipinski definition) is 2. The molecule has 8 nitrogen and oxygen atoms in total. The Hall–Kier alpha value is -3.94. The average Bonchev–Trinajstić information content (AvgIpc) is 2.83. The minimum Gasteiger partial charge on any atom is -0.493 e. The highest BCUT2D eigenvalue weighted by molar-refractivity contribution is 5.95. The van der Waals surface area contributed by atoms with E-state index in [0.29, 0.717) is 28.6 Å². The number of fused-ring (bicyclic) bond motifs is 1. The second kappa shape index (κ2) is 10.9. The molecule has 0 spiro atoms. The van der Waals surface area contributed by atoms with Gasteiger partial charge in [0.15, 0.2) is 18.1 Å². The van der Waals surface area contributed by atoms with Gasteiger partial charge in [-0.3, -0.25) is 9.59 Å². The third-order valence-electron chi connectivity index (χ3n) is 4.75. The molecule has 3 aromatic carbocycles. The van der Waals surface area contributed by atoms with Crippen LogP contribution in [0.1, 0.15) is 10.4 Å². The first-order valence-corrected chi connectivity index (χ1v) is 10.0. The first kappa shape index (κ1) is 22.7. The van der Waals surface area contributed by atoms with Gasteiger partial charge in [-0.05, 0) is 35.0 Å². The molecule has 0 aromatic heterocycles. The Bertz CT molecular complexity index is 1070. The molecule has 0 bridgehead atoms. The van der Waals surface area contributed by atoms with E-state index in [1.165, 1.54) is 21.3 Å². The first-order chi connectivity index (χ1) is 15.5. The zero-order valence-corrected chi connectivity index (χ0v) is 18.3. The first-order valence-electron chi connectivity index (χ1n) is 10.0. The van der Waals surface area contributed by atoms with Crippen molar-refractivity contribution in [1.29, 1.82) is 0 Å². The molecule has 32 heavy (non-hydrogen) atoms. The Morgan fingerprint density at radius 1 is 0.781 bits per heavy atom. The van der Waals surface area contributed by atoms with E-state index in [9.17, 15) is 9.59 Å². The summed E-state index contributed by atoms with van der Waals surface area (Å²) in [5.41, 5.74) is 0.352. The molecule has 0 saturated carbocycles. The van der Waals surface area contributed by atoms with Crippen LogP contribution in [0, 0.1) is 0 Å². The highest BCUT2D eigenvalue weighted by Gasteiger charge is 2.16. The molecule has 0 aliphatic heterocycles. The normalized spacial score (nSPS) is 10.3. The number of ether oxygens (including phenoxy) is 4. The molecule has 0 aliphatic carbocycles. The largest absolute Gasteiger partial charge is 0.493 e. The molecule has 168 valence electrons. The van der Waals surface area contributed by atoms with Gasteiger partial charge in [-0.15, -0.1) is 0 Å². The van der Waals surface area contributed by atoms with Gasteiger partial charge in [-0.2, -0.15) is 0 Å². The molecule has 0 unspecified atom stereocenters. The van der Waals surface area contributed by atoms with Crippen LogP contribution in [0.5, 0.6) is 23.0 Å². The van der Waals surface area contributed by atoms with Crippen LogP contribution < -0.4 is 29.6 Å². The van der Waals surface area contributed by atoms with Gasteiger partial charge in [0.25, 0.3) is 11.8 Å². The van der Waals surface area contributed by atoms with Crippen LogP contribution in [0.3, 0.4) is 0 Å². The molecule has 0 atom stereocenters. The molecule has 0 radical (unpaired) electrons. The van der Waals surface area contributed by atoms with Gasteiger partial charge >= 0.3 is 0 Å². The van der Waals surface area contributed by atoms with Crippen LogP contribution >= 0.6 is 0 Å². The summed E-state index contributed by atoms with van der Waals surface area (Å²) in [6.07, 6.45) is 0. The second-order valence-electron chi connectivity index (χ2n) is 6.82. The SMILES string of the molecule is COc1cc(C(=O)NCCNC(=O)COc2ccc3ccccc3c2)cc(OC)c1OC. The number of methoxy groups -OCH3 is 3. The van der Waals surface area contributed by atoms with Crippen LogP contribution in [0.2, 0.25) is 0 Å². The van der Waals surface area contributed by atoms with E-state index in [1.807, 2.05) is 42.5 Å². The smallest absolute Gasteiger partial charge is 0.258 e. The zero-order valence-electron chi connectivity index (χ0n) is 18.3. The molecule has 2 amide bonds. The number of benzene rings is 3. The summed E-state index contributed by atoms with van der Waals surface area (Å²) in [4.78, 5) is 24.5. The molecule has 0 heterocycles. The fraction of sp³-hybridized carbons (Fsp3) is 0.250. The monoisotopic (exact) mass is 438 g/mol. The third kappa shape index (κ3) is 5.60. The van der Waals surface area contributed by atoms with Crippen molar-refractivity contribution < 1.29 is 28.5 Å². The Kier molecular flexibility index (Phi) is 7.75. The van der Waals surface area contributed by atoms with Crippen molar-refractivity contribution in [2.45, 2.75) is 0 Å². The predicted octanol–water partition coefficient (Wildman–Crippen LogP) is 2.79. The van der Waals surface area contributed by atoms with E-state index in [4.69, 9.17) is 18.9 Å². The summed E-state index contributed by atoms with van der Waals surface area (Å²) in [5.74, 6) is 1.19. The summed E-state index contributed by atoms with van der Waals surface area (Å²) < 4.78 is 21.3. The minimum absolute atomic E-state index is 0.112. The zero-order chi connectivity index (χ0) is 22.9. The van der Waals surface area contributed by atoms with Crippen molar-refractivity contribution >= 4 is 22.6 Å². The lowest BCUT2D eigenvalue weighted by Gasteiger charge is -2.14. The van der Waals surface area contributed by atoms with Crippen LogP contribution in [0.25, 0.3) is 10.8 Å². The van der Waals surface area contributed by atoms with E-state index in [1.54, 1.807) is 12.1 Å². The van der Waals surface area contributed by atoms with Gasteiger partial charge < -0.3 is 29.6 Å². The van der Waals surface area contributed by atoms with Gasteiger partial charge in [0.05, 0.1) is 21.3 Å². The lowest BCUT2D eigenvalue weighted by atomic mass is 10.1. The Balaban J connectivity index is 1.45. The summed E-state index contributed by atoms with van der Waals surface area (Å²) >= 11 is 0. The Morgan fingerprint density at radius 3 is 2.09 bits per heavy atom. The highest BCUT2D eigenvalue weighted by Crippen LogP contribution is 2.38. The van der Waals surface area contributed by atoms with Crippen LogP contribution in [0.15, 0.2) is 54.6 Å². The lowest BCUT2D eigenvalue weighted by molar-refractivity contribution is -0.123. The van der Waals surface area contributed by atoms with Gasteiger partial charge in [-0.25, -0.2) is 0 Å². The van der Waals surface area contributed by atoms with Crippen LogP contribution in [-0.2, 0) is 4.79 Å². The standard InChI is InChI=1S/C24H26N2O6/c1-29-20-13-18(14-21(30-2)23(20)31-3)24(28)26-11-10-25-22(27)15-32-19-9-8-16-6-4-5-7-17(16)12-19/h4-9,12-14H,10-11,15H2,1-3H3,(H,25,27)(H,26,28). The lowest BCUT2D eigenvalue weighted by Crippen LogP contribution is -2.36. The van der Waals surface area contributed by atoms with Gasteiger partial charge in [-0.1, -0.05) is 30.3 Å². The van der Waals surface area contributed by atoms with Crippen LogP contribution in [0.4, 0.5) is 0 Å². The number of hydrogen-bond acceptors (Lipinski definition) is 6. The maximum atomic E-state index is 12.4. The van der Waals surface area contributed by atoms with E-state index in [0.717, 1.165) is 10.8 Å².